The maximum Gasteiger partial charge on any atom is 0.490 e. The first kappa shape index (κ1) is 56.9. The van der Waals surface area contributed by atoms with Crippen molar-refractivity contribution in [2.45, 2.75) is 91.6 Å². The van der Waals surface area contributed by atoms with Crippen LogP contribution in [-0.4, -0.2) is 119 Å². The zero-order valence-electron chi connectivity index (χ0n) is 42.7. The minimum Gasteiger partial charge on any atom is -0.475 e. The number of rotatable bonds is 14. The van der Waals surface area contributed by atoms with Gasteiger partial charge in [-0.25, -0.2) is 56.1 Å². The van der Waals surface area contributed by atoms with Crippen molar-refractivity contribution in [1.82, 2.24) is 59.0 Å². The van der Waals surface area contributed by atoms with Crippen molar-refractivity contribution >= 4 is 49.3 Å². The summed E-state index contributed by atoms with van der Waals surface area (Å²) >= 11 is 0. The number of carbonyl (C=O) groups is 1. The van der Waals surface area contributed by atoms with Crippen LogP contribution in [-0.2, 0) is 54.1 Å². The number of aliphatic carboxylic acids is 1. The van der Waals surface area contributed by atoms with E-state index < -0.39 is 54.5 Å². The van der Waals surface area contributed by atoms with E-state index in [1.54, 1.807) is 79.1 Å². The number of H-pyrrole nitrogens is 3. The number of aromatic nitrogens is 10. The average molecular weight is 1130 g/mol. The number of hydrogen-bond donors (Lipinski definition) is 6. The van der Waals surface area contributed by atoms with Crippen molar-refractivity contribution in [2.75, 3.05) is 36.8 Å². The van der Waals surface area contributed by atoms with Gasteiger partial charge >= 0.3 is 23.7 Å². The van der Waals surface area contributed by atoms with Gasteiger partial charge in [-0.3, -0.25) is 5.10 Å². The highest BCUT2D eigenvalue weighted by atomic mass is 32.2. The molecule has 2 aliphatic heterocycles. The number of nitrogens with one attached hydrogen (secondary N) is 5. The first-order valence-electron chi connectivity index (χ1n) is 24.5. The van der Waals surface area contributed by atoms with Crippen molar-refractivity contribution in [3.63, 3.8) is 0 Å². The molecule has 418 valence electrons. The van der Waals surface area contributed by atoms with Crippen molar-refractivity contribution in [1.29, 1.82) is 0 Å². The quantitative estimate of drug-likeness (QED) is 0.0701. The lowest BCUT2D eigenvalue weighted by Gasteiger charge is -2.38. The van der Waals surface area contributed by atoms with Crippen LogP contribution in [0.3, 0.4) is 0 Å². The van der Waals surface area contributed by atoms with Gasteiger partial charge in [-0.1, -0.05) is 48.5 Å². The van der Waals surface area contributed by atoms with Gasteiger partial charge in [0.2, 0.25) is 31.8 Å². The fraction of sp³-hybridized carbons (Fsp3) is 0.340. The molecule has 0 amide bonds. The summed E-state index contributed by atoms with van der Waals surface area (Å²) in [5.41, 5.74) is -0.0577. The number of anilines is 4. The summed E-state index contributed by atoms with van der Waals surface area (Å²) in [6.45, 7) is 7.26. The van der Waals surface area contributed by atoms with Crippen LogP contribution in [0.5, 0.6) is 0 Å². The van der Waals surface area contributed by atoms with Crippen molar-refractivity contribution < 1.29 is 48.7 Å². The predicted molar refractivity (Wildman–Crippen MR) is 278 cm³/mol. The highest BCUT2D eigenvalue weighted by molar-refractivity contribution is 7.89. The van der Waals surface area contributed by atoms with E-state index in [1.165, 1.54) is 8.61 Å². The Kier molecular flexibility index (Phi) is 16.8. The third-order valence-electron chi connectivity index (χ3n) is 13.1. The molecular weight excluding hydrogens is 1080 g/mol. The number of halogens is 3. The number of benzene rings is 2. The Morgan fingerprint density at radius 2 is 1.08 bits per heavy atom. The molecule has 0 unspecified atom stereocenters. The first-order valence-corrected chi connectivity index (χ1v) is 27.4. The van der Waals surface area contributed by atoms with Gasteiger partial charge in [0.05, 0.1) is 38.6 Å². The van der Waals surface area contributed by atoms with Crippen molar-refractivity contribution in [3.8, 4) is 0 Å². The largest absolute Gasteiger partial charge is 0.490 e. The fourth-order valence-corrected chi connectivity index (χ4v) is 12.1. The number of pyridine rings is 2. The van der Waals surface area contributed by atoms with Crippen LogP contribution >= 0.6 is 0 Å². The SMILES string of the molecule is CC(C)(C)n1nccc1Nc1cccc(CC2(c3n[nH]c(=O)o3)CCN(S(=O)(=O)c3ccccc3)CC2)n1.O=C(O)C(F)(F)F.O=c1[nH]nc(C2(Cc3cccc(Nc4ccn[nH]4)n3)CCN(S(=O)(=O)c3ccccc3)CC2)o1. The summed E-state index contributed by atoms with van der Waals surface area (Å²) in [6, 6.07) is 31.7. The molecule has 2 fully saturated rings. The third kappa shape index (κ3) is 13.7. The Hall–Kier alpha value is -8.28. The molecule has 79 heavy (non-hydrogen) atoms. The maximum absolute atomic E-state index is 13.2. The summed E-state index contributed by atoms with van der Waals surface area (Å²) in [7, 11) is -7.26. The summed E-state index contributed by atoms with van der Waals surface area (Å²) in [4.78, 5) is 42.5. The third-order valence-corrected chi connectivity index (χ3v) is 16.9. The minimum atomic E-state index is -5.08. The lowest BCUT2D eigenvalue weighted by atomic mass is 9.75. The Morgan fingerprint density at radius 1 is 0.633 bits per heavy atom. The number of nitrogens with zero attached hydrogens (tertiary/aromatic N) is 9. The first-order chi connectivity index (χ1) is 37.5. The molecule has 8 aromatic rings. The van der Waals surface area contributed by atoms with Gasteiger partial charge < -0.3 is 24.6 Å². The van der Waals surface area contributed by atoms with Crippen LogP contribution in [0.15, 0.2) is 150 Å². The topological polar surface area (TPSA) is 326 Å². The highest BCUT2D eigenvalue weighted by Gasteiger charge is 2.46. The molecule has 2 saturated heterocycles. The number of alkyl halides is 3. The summed E-state index contributed by atoms with van der Waals surface area (Å²) in [5.74, 6) is -0.707. The van der Waals surface area contributed by atoms with Crippen molar-refractivity contribution in [3.05, 3.63) is 166 Å². The minimum absolute atomic E-state index is 0.209. The molecule has 8 heterocycles. The second kappa shape index (κ2) is 23.4. The number of sulfonamides is 2. The summed E-state index contributed by atoms with van der Waals surface area (Å²) in [5, 5.41) is 37.7. The summed E-state index contributed by atoms with van der Waals surface area (Å²) < 4.78 is 100.0. The lowest BCUT2D eigenvalue weighted by molar-refractivity contribution is -0.192. The van der Waals surface area contributed by atoms with Crippen LogP contribution in [0, 0.1) is 0 Å². The summed E-state index contributed by atoms with van der Waals surface area (Å²) in [6.07, 6.45) is 0.833. The molecule has 6 aromatic heterocycles. The molecule has 0 bridgehead atoms. The van der Waals surface area contributed by atoms with E-state index in [1.807, 2.05) is 47.1 Å². The molecule has 2 aromatic carbocycles. The molecule has 0 saturated carbocycles. The number of carboxylic acids is 1. The molecule has 0 atom stereocenters. The standard InChI is InChI=1S/C26H31N7O4S.C22H23N7O4S.C2HF3O2/c1-25(2,3)33-22(12-15-27-33)29-21-11-7-8-19(28-21)18-26(23-30-31-24(34)37-23)13-16-32(17-14-26)38(35,36)20-9-5-4-6-10-20;30-21-28-27-20(33-21)22(15-16-5-4-8-18(24-16)25-19-9-12-23-26-19)10-13-29(14-11-22)34(31,32)17-6-2-1-3-7-17;3-2(4,5)1(6)7/h4-12,15H,13-14,16-18H2,1-3H3,(H,28,29)(H,31,34);1-9,12H,10-11,13-15H2,(H,28,30)(H2,23,24,25,26);(H,6,7). The predicted octanol–water partition coefficient (Wildman–Crippen LogP) is 6.24. The number of hydrogen-bond acceptors (Lipinski definition) is 17. The zero-order valence-corrected chi connectivity index (χ0v) is 44.3. The highest BCUT2D eigenvalue weighted by Crippen LogP contribution is 2.40. The maximum atomic E-state index is 13.2. The van der Waals surface area contributed by atoms with Crippen molar-refractivity contribution in [2.24, 2.45) is 0 Å². The van der Waals surface area contributed by atoms with Gasteiger partial charge in [-0.2, -0.15) is 32.0 Å². The van der Waals surface area contributed by atoms with E-state index in [-0.39, 0.29) is 53.3 Å². The van der Waals surface area contributed by atoms with E-state index in [0.717, 1.165) is 17.2 Å². The monoisotopic (exact) mass is 1130 g/mol. The van der Waals surface area contributed by atoms with E-state index in [4.69, 9.17) is 23.7 Å². The van der Waals surface area contributed by atoms with E-state index >= 15 is 0 Å². The van der Waals surface area contributed by atoms with Gasteiger partial charge in [0.25, 0.3) is 0 Å². The smallest absolute Gasteiger partial charge is 0.475 e. The molecule has 10 rings (SSSR count). The molecule has 2 aliphatic rings. The van der Waals surface area contributed by atoms with Gasteiger partial charge in [0.15, 0.2) is 0 Å². The number of carboxylic acid groups (broad SMARTS) is 1. The number of piperidine rings is 2. The average Bonchev–Trinajstić information content (AvgIpc) is 4.33. The Balaban J connectivity index is 0.000000187. The van der Waals surface area contributed by atoms with Crippen LogP contribution in [0.2, 0.25) is 0 Å². The molecule has 24 nitrogen and oxygen atoms in total. The molecule has 0 radical (unpaired) electrons. The Morgan fingerprint density at radius 3 is 1.46 bits per heavy atom. The Labute approximate surface area is 449 Å². The van der Waals surface area contributed by atoms with Crippen LogP contribution in [0.1, 0.15) is 69.6 Å². The lowest BCUT2D eigenvalue weighted by Crippen LogP contribution is -2.46. The molecule has 0 spiro atoms. The Bertz CT molecular complexity index is 3660. The zero-order chi connectivity index (χ0) is 56.6. The molecule has 0 aliphatic carbocycles. The van der Waals surface area contributed by atoms with Crippen LogP contribution in [0.4, 0.5) is 36.4 Å². The van der Waals surface area contributed by atoms with Gasteiger partial charge in [-0.05, 0) is 95.0 Å². The fourth-order valence-electron chi connectivity index (χ4n) is 9.15. The number of aromatic amines is 3. The second-order valence-electron chi connectivity index (χ2n) is 19.5. The van der Waals surface area contributed by atoms with E-state index in [9.17, 15) is 39.6 Å². The van der Waals surface area contributed by atoms with Gasteiger partial charge in [-0.15, -0.1) is 10.2 Å². The van der Waals surface area contributed by atoms with Crippen LogP contribution in [0.25, 0.3) is 0 Å². The van der Waals surface area contributed by atoms with E-state index in [2.05, 4.69) is 72.1 Å². The van der Waals surface area contributed by atoms with Crippen LogP contribution < -0.4 is 22.1 Å². The van der Waals surface area contributed by atoms with Gasteiger partial charge in [0, 0.05) is 62.5 Å². The van der Waals surface area contributed by atoms with E-state index in [0.29, 0.717) is 56.0 Å². The molecular formula is C50H55F3N14O10S2. The van der Waals surface area contributed by atoms with Gasteiger partial charge in [0.1, 0.15) is 23.3 Å². The normalized spacial score (nSPS) is 15.9. The molecule has 29 heteroatoms. The molecule has 6 N–H and O–H groups in total. The second-order valence-corrected chi connectivity index (χ2v) is 23.4.